The summed E-state index contributed by atoms with van der Waals surface area (Å²) in [4.78, 5) is 0. The largest absolute Gasteiger partial charge is 0.393 e. The van der Waals surface area contributed by atoms with Crippen molar-refractivity contribution in [2.24, 2.45) is 34.5 Å². The lowest BCUT2D eigenvalue weighted by Gasteiger charge is -2.58. The molecule has 7 unspecified atom stereocenters. The van der Waals surface area contributed by atoms with Crippen molar-refractivity contribution >= 4 is 0 Å². The normalized spacial score (nSPS) is 42.0. The van der Waals surface area contributed by atoms with E-state index in [9.17, 15) is 5.11 Å². The van der Waals surface area contributed by atoms with Crippen molar-refractivity contribution in [2.45, 2.75) is 112 Å². The number of hydrogen-bond donors (Lipinski definition) is 1. The summed E-state index contributed by atoms with van der Waals surface area (Å²) < 4.78 is 0. The van der Waals surface area contributed by atoms with Crippen LogP contribution in [0.1, 0.15) is 106 Å². The van der Waals surface area contributed by atoms with E-state index in [4.69, 9.17) is 0 Å². The van der Waals surface area contributed by atoms with Crippen LogP contribution in [-0.4, -0.2) is 11.2 Å². The van der Waals surface area contributed by atoms with Crippen LogP contribution in [0.4, 0.5) is 0 Å². The summed E-state index contributed by atoms with van der Waals surface area (Å²) in [6.45, 7) is 18.1. The lowest BCUT2D eigenvalue weighted by molar-refractivity contribution is -0.0456. The molecule has 0 aromatic heterocycles. The average molecular weight is 413 g/mol. The van der Waals surface area contributed by atoms with Crippen LogP contribution in [0.15, 0.2) is 35.5 Å². The van der Waals surface area contributed by atoms with Crippen LogP contribution in [0, 0.1) is 34.5 Å². The molecule has 1 heteroatoms. The first kappa shape index (κ1) is 23.8. The monoisotopic (exact) mass is 412 g/mol. The zero-order valence-corrected chi connectivity index (χ0v) is 20.8. The van der Waals surface area contributed by atoms with Gasteiger partial charge in [-0.15, -0.1) is 0 Å². The van der Waals surface area contributed by atoms with E-state index in [1.54, 1.807) is 5.57 Å². The Balaban J connectivity index is 0.00000124. The van der Waals surface area contributed by atoms with Gasteiger partial charge in [-0.25, -0.2) is 0 Å². The van der Waals surface area contributed by atoms with E-state index >= 15 is 0 Å². The zero-order chi connectivity index (χ0) is 22.1. The molecule has 0 spiro atoms. The Morgan fingerprint density at radius 2 is 1.83 bits per heavy atom. The molecule has 0 saturated heterocycles. The fourth-order valence-electron chi connectivity index (χ4n) is 8.03. The van der Waals surface area contributed by atoms with Gasteiger partial charge in [0.2, 0.25) is 0 Å². The second-order valence-corrected chi connectivity index (χ2v) is 11.3. The predicted octanol–water partition coefficient (Wildman–Crippen LogP) is 8.26. The van der Waals surface area contributed by atoms with Gasteiger partial charge in [0.15, 0.2) is 0 Å². The number of rotatable bonds is 4. The fourth-order valence-corrected chi connectivity index (χ4v) is 8.03. The Labute approximate surface area is 187 Å². The van der Waals surface area contributed by atoms with Crippen LogP contribution in [0.5, 0.6) is 0 Å². The maximum absolute atomic E-state index is 10.2. The van der Waals surface area contributed by atoms with Crippen LogP contribution in [-0.2, 0) is 0 Å². The van der Waals surface area contributed by atoms with Crippen molar-refractivity contribution in [3.05, 3.63) is 35.5 Å². The SMILES string of the molecule is C=C(CCC=C(C)C)C1CCC2C3CC=C4CC(O)CCC4(C)C3CCC12C.CC. The highest BCUT2D eigenvalue weighted by molar-refractivity contribution is 5.26. The van der Waals surface area contributed by atoms with Crippen molar-refractivity contribution < 1.29 is 5.11 Å². The highest BCUT2D eigenvalue weighted by Gasteiger charge is 2.58. The van der Waals surface area contributed by atoms with Gasteiger partial charge in [-0.2, -0.15) is 0 Å². The number of fused-ring (bicyclic) bond motifs is 5. The fraction of sp³-hybridized carbons (Fsp3) is 0.793. The van der Waals surface area contributed by atoms with Gasteiger partial charge in [-0.05, 0) is 113 Å². The second kappa shape index (κ2) is 9.35. The molecule has 0 amide bonds. The molecule has 3 saturated carbocycles. The standard InChI is InChI=1S/C27H42O.C2H6/c1-18(2)7-6-8-19(3)23-11-12-24-22-10-9-20-17-21(28)13-15-26(20,4)25(22)14-16-27(23,24)5;1-2/h7,9,21-25,28H,3,6,8,10-17H2,1-2,4-5H3;1-2H3. The Hall–Kier alpha value is -0.820. The second-order valence-electron chi connectivity index (χ2n) is 11.3. The van der Waals surface area contributed by atoms with Gasteiger partial charge >= 0.3 is 0 Å². The summed E-state index contributed by atoms with van der Waals surface area (Å²) in [7, 11) is 0. The predicted molar refractivity (Wildman–Crippen MR) is 130 cm³/mol. The quantitative estimate of drug-likeness (QED) is 0.461. The van der Waals surface area contributed by atoms with Gasteiger partial charge < -0.3 is 5.11 Å². The Bertz CT molecular complexity index is 680. The van der Waals surface area contributed by atoms with Gasteiger partial charge in [0.05, 0.1) is 6.10 Å². The van der Waals surface area contributed by atoms with E-state index in [0.717, 1.165) is 42.9 Å². The van der Waals surface area contributed by atoms with Crippen molar-refractivity contribution in [2.75, 3.05) is 0 Å². The van der Waals surface area contributed by atoms with Crippen LogP contribution in [0.2, 0.25) is 0 Å². The number of hydrogen-bond acceptors (Lipinski definition) is 1. The minimum atomic E-state index is -0.0928. The number of aliphatic hydroxyl groups excluding tert-OH is 1. The molecule has 4 aliphatic carbocycles. The minimum absolute atomic E-state index is 0.0928. The topological polar surface area (TPSA) is 20.2 Å². The molecule has 3 fully saturated rings. The summed E-state index contributed by atoms with van der Waals surface area (Å²) in [5, 5.41) is 10.2. The summed E-state index contributed by atoms with van der Waals surface area (Å²) >= 11 is 0. The molecule has 1 nitrogen and oxygen atoms in total. The average Bonchev–Trinajstić information content (AvgIpc) is 3.07. The highest BCUT2D eigenvalue weighted by atomic mass is 16.3. The molecule has 0 aromatic rings. The van der Waals surface area contributed by atoms with Crippen molar-refractivity contribution in [3.63, 3.8) is 0 Å². The summed E-state index contributed by atoms with van der Waals surface area (Å²) in [6.07, 6.45) is 17.1. The maximum atomic E-state index is 10.2. The molecule has 0 aromatic carbocycles. The van der Waals surface area contributed by atoms with Crippen LogP contribution in [0.25, 0.3) is 0 Å². The summed E-state index contributed by atoms with van der Waals surface area (Å²) in [5.74, 6) is 3.31. The third-order valence-electron chi connectivity index (χ3n) is 9.59. The van der Waals surface area contributed by atoms with E-state index in [1.165, 1.54) is 56.1 Å². The summed E-state index contributed by atoms with van der Waals surface area (Å²) in [5.41, 5.74) is 5.39. The van der Waals surface area contributed by atoms with E-state index in [0.29, 0.717) is 10.8 Å². The molecule has 0 aliphatic heterocycles. The third-order valence-corrected chi connectivity index (χ3v) is 9.59. The highest BCUT2D eigenvalue weighted by Crippen LogP contribution is 2.67. The molecule has 170 valence electrons. The minimum Gasteiger partial charge on any atom is -0.393 e. The molecule has 30 heavy (non-hydrogen) atoms. The summed E-state index contributed by atoms with van der Waals surface area (Å²) in [6, 6.07) is 0. The molecule has 1 N–H and O–H groups in total. The van der Waals surface area contributed by atoms with E-state index in [1.807, 2.05) is 13.8 Å². The number of aliphatic hydroxyl groups is 1. The van der Waals surface area contributed by atoms with Crippen molar-refractivity contribution in [3.8, 4) is 0 Å². The van der Waals surface area contributed by atoms with Gasteiger partial charge in [0, 0.05) is 0 Å². The molecule has 7 atom stereocenters. The molecule has 0 heterocycles. The first-order valence-electron chi connectivity index (χ1n) is 12.9. The van der Waals surface area contributed by atoms with Gasteiger partial charge in [-0.3, -0.25) is 0 Å². The molecule has 4 rings (SSSR count). The van der Waals surface area contributed by atoms with Crippen LogP contribution >= 0.6 is 0 Å². The molecule has 4 aliphatic rings. The third kappa shape index (κ3) is 4.13. The van der Waals surface area contributed by atoms with Crippen molar-refractivity contribution in [1.29, 1.82) is 0 Å². The molecular formula is C29H48O. The zero-order valence-electron chi connectivity index (χ0n) is 20.8. The lowest BCUT2D eigenvalue weighted by Crippen LogP contribution is -2.50. The van der Waals surface area contributed by atoms with Crippen LogP contribution < -0.4 is 0 Å². The Kier molecular flexibility index (Phi) is 7.43. The number of allylic oxidation sites excluding steroid dienone is 4. The maximum Gasteiger partial charge on any atom is 0.0577 e. The molecule has 0 radical (unpaired) electrons. The van der Waals surface area contributed by atoms with E-state index in [2.05, 4.69) is 46.4 Å². The Morgan fingerprint density at radius 3 is 2.53 bits per heavy atom. The Morgan fingerprint density at radius 1 is 1.10 bits per heavy atom. The smallest absolute Gasteiger partial charge is 0.0577 e. The van der Waals surface area contributed by atoms with Crippen LogP contribution in [0.3, 0.4) is 0 Å². The van der Waals surface area contributed by atoms with Crippen molar-refractivity contribution in [1.82, 2.24) is 0 Å². The van der Waals surface area contributed by atoms with Gasteiger partial charge in [-0.1, -0.05) is 63.1 Å². The van der Waals surface area contributed by atoms with E-state index < -0.39 is 0 Å². The van der Waals surface area contributed by atoms with E-state index in [-0.39, 0.29) is 6.10 Å². The lowest BCUT2D eigenvalue weighted by atomic mass is 9.47. The first-order valence-corrected chi connectivity index (χ1v) is 12.9. The molecule has 0 bridgehead atoms. The van der Waals surface area contributed by atoms with Gasteiger partial charge in [0.1, 0.15) is 0 Å². The first-order chi connectivity index (χ1) is 14.3. The molecular weight excluding hydrogens is 364 g/mol. The van der Waals surface area contributed by atoms with Gasteiger partial charge in [0.25, 0.3) is 0 Å².